The molecule has 4 rings (SSSR count). The molecule has 1 fully saturated rings. The van der Waals surface area contributed by atoms with Gasteiger partial charge in [0.1, 0.15) is 50.0 Å². The summed E-state index contributed by atoms with van der Waals surface area (Å²) in [6.07, 6.45) is 1.67. The van der Waals surface area contributed by atoms with Crippen molar-refractivity contribution in [3.05, 3.63) is 52.8 Å². The van der Waals surface area contributed by atoms with E-state index < -0.39 is 0 Å². The smallest absolute Gasteiger partial charge is 0.231 e. The molecule has 2 aromatic carbocycles. The summed E-state index contributed by atoms with van der Waals surface area (Å²) in [7, 11) is 5.35. The van der Waals surface area contributed by atoms with Crippen LogP contribution in [-0.4, -0.2) is 58.3 Å². The average Bonchev–Trinajstić information content (AvgIpc) is 3.07. The number of ether oxygens (including phenoxy) is 3. The molecular weight excluding hydrogens is 384 g/mol. The molecule has 158 valence electrons. The molecular formula is C23H28N2O5+2. The van der Waals surface area contributed by atoms with Crippen LogP contribution < -0.4 is 24.0 Å². The average molecular weight is 412 g/mol. The molecule has 3 N–H and O–H groups in total. The Hall–Kier alpha value is -3.03. The molecule has 0 atom stereocenters. The third-order valence-corrected chi connectivity index (χ3v) is 5.88. The molecule has 0 radical (unpaired) electrons. The van der Waals surface area contributed by atoms with E-state index in [9.17, 15) is 9.90 Å². The van der Waals surface area contributed by atoms with Gasteiger partial charge in [0, 0.05) is 11.6 Å². The highest BCUT2D eigenvalue weighted by atomic mass is 16.5. The SMILES string of the molecule is COc1ccc(/C=C2\Oc3c(ccc(O)c3C[NH+]3CC[NH+](C)CC3)C2=O)c(OC)c1. The maximum atomic E-state index is 13.0. The van der Waals surface area contributed by atoms with Crippen LogP contribution >= 0.6 is 0 Å². The van der Waals surface area contributed by atoms with Crippen LogP contribution in [0.3, 0.4) is 0 Å². The number of likely N-dealkylation sites (N-methyl/N-ethyl adjacent to an activating group) is 1. The van der Waals surface area contributed by atoms with Crippen molar-refractivity contribution < 1.29 is 33.9 Å². The Kier molecular flexibility index (Phi) is 5.65. The lowest BCUT2D eigenvalue weighted by Gasteiger charge is -2.27. The van der Waals surface area contributed by atoms with Crippen LogP contribution in [0, 0.1) is 0 Å². The molecule has 2 aliphatic heterocycles. The van der Waals surface area contributed by atoms with E-state index in [0.717, 1.165) is 26.2 Å². The zero-order valence-corrected chi connectivity index (χ0v) is 17.6. The molecule has 2 aliphatic rings. The zero-order chi connectivity index (χ0) is 21.3. The predicted octanol–water partition coefficient (Wildman–Crippen LogP) is -0.0612. The van der Waals surface area contributed by atoms with Crippen molar-refractivity contribution in [3.8, 4) is 23.0 Å². The fraction of sp³-hybridized carbons (Fsp3) is 0.348. The summed E-state index contributed by atoms with van der Waals surface area (Å²) in [5.41, 5.74) is 1.90. The zero-order valence-electron chi connectivity index (χ0n) is 17.6. The number of quaternary nitrogens is 2. The Bertz CT molecular complexity index is 993. The fourth-order valence-electron chi connectivity index (χ4n) is 4.00. The van der Waals surface area contributed by atoms with Gasteiger partial charge in [0.25, 0.3) is 0 Å². The number of nitrogens with one attached hydrogen (secondary N) is 2. The Morgan fingerprint density at radius 1 is 1.10 bits per heavy atom. The van der Waals surface area contributed by atoms with E-state index in [1.165, 1.54) is 9.80 Å². The number of carbonyl (C=O) groups excluding carboxylic acids is 1. The van der Waals surface area contributed by atoms with E-state index in [-0.39, 0.29) is 17.3 Å². The molecule has 0 saturated carbocycles. The standard InChI is InChI=1S/C23H26N2O5/c1-24-8-10-25(11-9-24)14-18-19(26)7-6-17-22(27)21(30-23(17)18)12-15-4-5-16(28-2)13-20(15)29-3/h4-7,12-13,26H,8-11,14H2,1-3H3/p+2/b21-12-. The first-order valence-electron chi connectivity index (χ1n) is 10.2. The number of piperazine rings is 1. The number of ketones is 1. The van der Waals surface area contributed by atoms with Crippen molar-refractivity contribution in [2.24, 2.45) is 0 Å². The minimum Gasteiger partial charge on any atom is -0.507 e. The van der Waals surface area contributed by atoms with Gasteiger partial charge in [-0.25, -0.2) is 0 Å². The fourth-order valence-corrected chi connectivity index (χ4v) is 4.00. The quantitative estimate of drug-likeness (QED) is 0.600. The summed E-state index contributed by atoms with van der Waals surface area (Å²) >= 11 is 0. The molecule has 0 aromatic heterocycles. The monoisotopic (exact) mass is 412 g/mol. The molecule has 1 saturated heterocycles. The third kappa shape index (κ3) is 3.86. The minimum absolute atomic E-state index is 0.170. The van der Waals surface area contributed by atoms with E-state index in [2.05, 4.69) is 7.05 Å². The summed E-state index contributed by atoms with van der Waals surface area (Å²) < 4.78 is 16.7. The van der Waals surface area contributed by atoms with Crippen LogP contribution in [-0.2, 0) is 6.54 Å². The summed E-state index contributed by atoms with van der Waals surface area (Å²) in [6, 6.07) is 8.60. The highest BCUT2D eigenvalue weighted by Crippen LogP contribution is 2.39. The Balaban J connectivity index is 1.64. The summed E-state index contributed by atoms with van der Waals surface area (Å²) in [5.74, 6) is 1.92. The van der Waals surface area contributed by atoms with E-state index in [4.69, 9.17) is 14.2 Å². The number of methoxy groups -OCH3 is 2. The van der Waals surface area contributed by atoms with Crippen molar-refractivity contribution in [1.82, 2.24) is 0 Å². The number of hydrogen-bond acceptors (Lipinski definition) is 5. The van der Waals surface area contributed by atoms with Crippen LogP contribution in [0.2, 0.25) is 0 Å². The third-order valence-electron chi connectivity index (χ3n) is 5.88. The number of aromatic hydroxyl groups is 1. The molecule has 2 aromatic rings. The molecule has 0 bridgehead atoms. The molecule has 0 unspecified atom stereocenters. The van der Waals surface area contributed by atoms with Gasteiger partial charge in [0.2, 0.25) is 5.78 Å². The lowest BCUT2D eigenvalue weighted by Crippen LogP contribution is -3.26. The molecule has 0 spiro atoms. The Morgan fingerprint density at radius 3 is 2.57 bits per heavy atom. The number of Topliss-reactive ketones (excluding diaryl/α,β-unsaturated/α-hetero) is 1. The van der Waals surface area contributed by atoms with E-state index >= 15 is 0 Å². The highest BCUT2D eigenvalue weighted by molar-refractivity contribution is 6.15. The largest absolute Gasteiger partial charge is 0.507 e. The summed E-state index contributed by atoms with van der Waals surface area (Å²) in [4.78, 5) is 15.9. The van der Waals surface area contributed by atoms with E-state index in [1.54, 1.807) is 44.6 Å². The first kappa shape index (κ1) is 20.3. The molecule has 2 heterocycles. The number of benzene rings is 2. The van der Waals surface area contributed by atoms with Crippen molar-refractivity contribution in [1.29, 1.82) is 0 Å². The van der Waals surface area contributed by atoms with Crippen molar-refractivity contribution in [2.45, 2.75) is 6.54 Å². The van der Waals surface area contributed by atoms with Crippen LogP contribution in [0.25, 0.3) is 6.08 Å². The number of rotatable bonds is 5. The van der Waals surface area contributed by atoms with Gasteiger partial charge in [0.05, 0.1) is 32.4 Å². The van der Waals surface area contributed by atoms with E-state index in [0.29, 0.717) is 40.5 Å². The van der Waals surface area contributed by atoms with Gasteiger partial charge < -0.3 is 29.1 Å². The van der Waals surface area contributed by atoms with Gasteiger partial charge in [-0.3, -0.25) is 4.79 Å². The molecule has 30 heavy (non-hydrogen) atoms. The second kappa shape index (κ2) is 8.38. The summed E-state index contributed by atoms with van der Waals surface area (Å²) in [5, 5.41) is 10.5. The highest BCUT2D eigenvalue weighted by Gasteiger charge is 2.33. The number of hydrogen-bond donors (Lipinski definition) is 3. The van der Waals surface area contributed by atoms with Gasteiger partial charge in [-0.2, -0.15) is 0 Å². The maximum absolute atomic E-state index is 13.0. The van der Waals surface area contributed by atoms with Crippen molar-refractivity contribution in [2.75, 3.05) is 47.4 Å². The second-order valence-electron chi connectivity index (χ2n) is 7.87. The van der Waals surface area contributed by atoms with Crippen molar-refractivity contribution >= 4 is 11.9 Å². The molecule has 7 heteroatoms. The first-order chi connectivity index (χ1) is 14.5. The normalized spacial score (nSPS) is 22.0. The van der Waals surface area contributed by atoms with E-state index in [1.807, 2.05) is 6.07 Å². The Morgan fingerprint density at radius 2 is 1.87 bits per heavy atom. The lowest BCUT2D eigenvalue weighted by molar-refractivity contribution is -1.01. The van der Waals surface area contributed by atoms with Gasteiger partial charge >= 0.3 is 0 Å². The summed E-state index contributed by atoms with van der Waals surface area (Å²) in [6.45, 7) is 4.86. The predicted molar refractivity (Wildman–Crippen MR) is 112 cm³/mol. The number of fused-ring (bicyclic) bond motifs is 1. The lowest BCUT2D eigenvalue weighted by atomic mass is 10.0. The van der Waals surface area contributed by atoms with Crippen LogP contribution in [0.1, 0.15) is 21.5 Å². The van der Waals surface area contributed by atoms with Gasteiger partial charge in [0.15, 0.2) is 11.5 Å². The van der Waals surface area contributed by atoms with Gasteiger partial charge in [-0.15, -0.1) is 0 Å². The van der Waals surface area contributed by atoms with Crippen LogP contribution in [0.5, 0.6) is 23.0 Å². The van der Waals surface area contributed by atoms with Gasteiger partial charge in [-0.05, 0) is 30.3 Å². The van der Waals surface area contributed by atoms with Crippen molar-refractivity contribution in [3.63, 3.8) is 0 Å². The minimum atomic E-state index is -0.193. The first-order valence-corrected chi connectivity index (χ1v) is 10.2. The van der Waals surface area contributed by atoms with Crippen LogP contribution in [0.4, 0.5) is 0 Å². The number of carbonyl (C=O) groups is 1. The number of phenols is 1. The molecule has 0 aliphatic carbocycles. The van der Waals surface area contributed by atoms with Crippen LogP contribution in [0.15, 0.2) is 36.1 Å². The topological polar surface area (TPSA) is 73.9 Å². The second-order valence-corrected chi connectivity index (χ2v) is 7.87. The number of allylic oxidation sites excluding steroid dienone is 1. The maximum Gasteiger partial charge on any atom is 0.231 e. The molecule has 7 nitrogen and oxygen atoms in total. The number of phenolic OH excluding ortho intramolecular Hbond substituents is 1. The molecule has 0 amide bonds. The van der Waals surface area contributed by atoms with Gasteiger partial charge in [-0.1, -0.05) is 0 Å². The Labute approximate surface area is 176 Å².